The number of amides is 1. The van der Waals surface area contributed by atoms with Crippen molar-refractivity contribution in [3.05, 3.63) is 35.4 Å². The number of aliphatic imine (C=N–C) groups is 1. The minimum absolute atomic E-state index is 0.416. The molecule has 0 spiro atoms. The van der Waals surface area contributed by atoms with Gasteiger partial charge in [-0.2, -0.15) is 0 Å². The van der Waals surface area contributed by atoms with E-state index in [1.54, 1.807) is 19.2 Å². The van der Waals surface area contributed by atoms with Crippen molar-refractivity contribution in [3.63, 3.8) is 0 Å². The van der Waals surface area contributed by atoms with E-state index >= 15 is 0 Å². The van der Waals surface area contributed by atoms with E-state index in [9.17, 15) is 4.79 Å². The summed E-state index contributed by atoms with van der Waals surface area (Å²) in [6.45, 7) is 2.94. The molecule has 2 rings (SSSR count). The predicted octanol–water partition coefficient (Wildman–Crippen LogP) is 1.22. The van der Waals surface area contributed by atoms with Gasteiger partial charge < -0.3 is 20.7 Å². The van der Waals surface area contributed by atoms with Gasteiger partial charge in [0.1, 0.15) is 0 Å². The SMILES string of the molecule is CN=C(NCc1cccc(C(N)=O)c1)N(C)CCOCC1CC1. The molecule has 1 aromatic carbocycles. The lowest BCUT2D eigenvalue weighted by Gasteiger charge is -2.22. The van der Waals surface area contributed by atoms with Crippen molar-refractivity contribution < 1.29 is 9.53 Å². The van der Waals surface area contributed by atoms with Crippen LogP contribution in [0.3, 0.4) is 0 Å². The van der Waals surface area contributed by atoms with Gasteiger partial charge in [0.25, 0.3) is 0 Å². The average Bonchev–Trinajstić information content (AvgIpc) is 3.36. The zero-order valence-electron chi connectivity index (χ0n) is 13.9. The van der Waals surface area contributed by atoms with Gasteiger partial charge in [-0.3, -0.25) is 9.79 Å². The molecule has 3 N–H and O–H groups in total. The van der Waals surface area contributed by atoms with Crippen molar-refractivity contribution >= 4 is 11.9 Å². The number of ether oxygens (including phenoxy) is 1. The van der Waals surface area contributed by atoms with E-state index in [-0.39, 0.29) is 0 Å². The van der Waals surface area contributed by atoms with Crippen molar-refractivity contribution in [1.29, 1.82) is 0 Å². The Bertz CT molecular complexity index is 555. The van der Waals surface area contributed by atoms with Crippen molar-refractivity contribution in [2.45, 2.75) is 19.4 Å². The first-order chi connectivity index (χ1) is 11.1. The van der Waals surface area contributed by atoms with Crippen LogP contribution in [0.15, 0.2) is 29.3 Å². The Morgan fingerprint density at radius 1 is 1.48 bits per heavy atom. The standard InChI is InChI=1S/C17H26N4O2/c1-19-17(21(2)8-9-23-12-13-6-7-13)20-11-14-4-3-5-15(10-14)16(18)22/h3-5,10,13H,6-9,11-12H2,1-2H3,(H2,18,22)(H,19,20). The fraction of sp³-hybridized carbons (Fsp3) is 0.529. The zero-order chi connectivity index (χ0) is 16.7. The van der Waals surface area contributed by atoms with Crippen LogP contribution < -0.4 is 11.1 Å². The highest BCUT2D eigenvalue weighted by Gasteiger charge is 2.21. The van der Waals surface area contributed by atoms with Crippen molar-refractivity contribution in [2.24, 2.45) is 16.6 Å². The molecule has 126 valence electrons. The highest BCUT2D eigenvalue weighted by molar-refractivity contribution is 5.92. The molecule has 23 heavy (non-hydrogen) atoms. The van der Waals surface area contributed by atoms with E-state index in [0.717, 1.165) is 30.6 Å². The first-order valence-electron chi connectivity index (χ1n) is 7.98. The average molecular weight is 318 g/mol. The summed E-state index contributed by atoms with van der Waals surface area (Å²) in [7, 11) is 3.74. The maximum absolute atomic E-state index is 11.2. The molecule has 0 bridgehead atoms. The highest BCUT2D eigenvalue weighted by Crippen LogP contribution is 2.28. The lowest BCUT2D eigenvalue weighted by atomic mass is 10.1. The summed E-state index contributed by atoms with van der Waals surface area (Å²) >= 11 is 0. The van der Waals surface area contributed by atoms with Crippen molar-refractivity contribution in [3.8, 4) is 0 Å². The summed E-state index contributed by atoms with van der Waals surface area (Å²) < 4.78 is 5.65. The van der Waals surface area contributed by atoms with Crippen LogP contribution in [-0.4, -0.2) is 50.6 Å². The van der Waals surface area contributed by atoms with Gasteiger partial charge in [-0.15, -0.1) is 0 Å². The molecule has 0 unspecified atom stereocenters. The van der Waals surface area contributed by atoms with Crippen LogP contribution in [0, 0.1) is 5.92 Å². The van der Waals surface area contributed by atoms with Crippen LogP contribution in [0.25, 0.3) is 0 Å². The third kappa shape index (κ3) is 5.90. The second-order valence-corrected chi connectivity index (χ2v) is 5.91. The van der Waals surface area contributed by atoms with Crippen LogP contribution >= 0.6 is 0 Å². The Labute approximate surface area is 137 Å². The molecule has 0 aliphatic heterocycles. The van der Waals surface area contributed by atoms with Crippen molar-refractivity contribution in [1.82, 2.24) is 10.2 Å². The van der Waals surface area contributed by atoms with E-state index < -0.39 is 5.91 Å². The van der Waals surface area contributed by atoms with Gasteiger partial charge in [-0.25, -0.2) is 0 Å². The van der Waals surface area contributed by atoms with Gasteiger partial charge in [-0.1, -0.05) is 12.1 Å². The number of benzene rings is 1. The van der Waals surface area contributed by atoms with Gasteiger partial charge in [0.2, 0.25) is 5.91 Å². The lowest BCUT2D eigenvalue weighted by Crippen LogP contribution is -2.40. The lowest BCUT2D eigenvalue weighted by molar-refractivity contribution is 0.1000. The summed E-state index contributed by atoms with van der Waals surface area (Å²) in [4.78, 5) is 17.5. The Hall–Kier alpha value is -2.08. The number of hydrogen-bond donors (Lipinski definition) is 2. The van der Waals surface area contributed by atoms with Crippen LogP contribution in [0.2, 0.25) is 0 Å². The molecule has 1 amide bonds. The minimum Gasteiger partial charge on any atom is -0.379 e. The number of carbonyl (C=O) groups excluding carboxylic acids is 1. The molecule has 0 aromatic heterocycles. The molecule has 1 aromatic rings. The number of nitrogens with two attached hydrogens (primary N) is 1. The van der Waals surface area contributed by atoms with Crippen LogP contribution in [-0.2, 0) is 11.3 Å². The Morgan fingerprint density at radius 3 is 2.91 bits per heavy atom. The number of nitrogens with zero attached hydrogens (tertiary/aromatic N) is 2. The Morgan fingerprint density at radius 2 is 2.26 bits per heavy atom. The zero-order valence-corrected chi connectivity index (χ0v) is 13.9. The number of nitrogens with one attached hydrogen (secondary N) is 1. The molecule has 1 fully saturated rings. The number of rotatable bonds is 8. The molecule has 1 aliphatic carbocycles. The number of primary amides is 1. The summed E-state index contributed by atoms with van der Waals surface area (Å²) in [5.74, 6) is 1.17. The summed E-state index contributed by atoms with van der Waals surface area (Å²) in [5, 5.41) is 3.28. The van der Waals surface area contributed by atoms with Gasteiger partial charge in [0.05, 0.1) is 6.61 Å². The quantitative estimate of drug-likeness (QED) is 0.429. The number of likely N-dealkylation sites (N-methyl/N-ethyl adjacent to an activating group) is 1. The smallest absolute Gasteiger partial charge is 0.248 e. The summed E-state index contributed by atoms with van der Waals surface area (Å²) in [6.07, 6.45) is 2.62. The van der Waals surface area contributed by atoms with Crippen molar-refractivity contribution in [2.75, 3.05) is 33.9 Å². The highest BCUT2D eigenvalue weighted by atomic mass is 16.5. The monoisotopic (exact) mass is 318 g/mol. The van der Waals surface area contributed by atoms with E-state index in [2.05, 4.69) is 10.3 Å². The van der Waals surface area contributed by atoms with Gasteiger partial charge in [0, 0.05) is 39.4 Å². The van der Waals surface area contributed by atoms with Crippen LogP contribution in [0.1, 0.15) is 28.8 Å². The number of carbonyl (C=O) groups is 1. The topological polar surface area (TPSA) is 79.9 Å². The number of guanidine groups is 1. The summed E-state index contributed by atoms with van der Waals surface area (Å²) in [5.41, 5.74) is 6.80. The second kappa shape index (κ2) is 8.53. The largest absolute Gasteiger partial charge is 0.379 e. The molecule has 6 nitrogen and oxygen atoms in total. The molecule has 1 saturated carbocycles. The maximum Gasteiger partial charge on any atom is 0.248 e. The first kappa shape index (κ1) is 17.3. The van der Waals surface area contributed by atoms with Gasteiger partial charge >= 0.3 is 0 Å². The van der Waals surface area contributed by atoms with E-state index in [1.807, 2.05) is 24.1 Å². The van der Waals surface area contributed by atoms with Gasteiger partial charge in [0.15, 0.2) is 5.96 Å². The fourth-order valence-electron chi connectivity index (χ4n) is 2.24. The third-order valence-electron chi connectivity index (χ3n) is 3.86. The van der Waals surface area contributed by atoms with E-state index in [1.165, 1.54) is 12.8 Å². The number of hydrogen-bond acceptors (Lipinski definition) is 3. The Kier molecular flexibility index (Phi) is 6.40. The molecular weight excluding hydrogens is 292 g/mol. The summed E-state index contributed by atoms with van der Waals surface area (Å²) in [6, 6.07) is 7.28. The maximum atomic E-state index is 11.2. The fourth-order valence-corrected chi connectivity index (χ4v) is 2.24. The Balaban J connectivity index is 1.76. The van der Waals surface area contributed by atoms with Gasteiger partial charge in [-0.05, 0) is 36.5 Å². The molecule has 0 radical (unpaired) electrons. The second-order valence-electron chi connectivity index (χ2n) is 5.91. The normalized spacial score (nSPS) is 14.6. The minimum atomic E-state index is -0.416. The third-order valence-corrected chi connectivity index (χ3v) is 3.86. The van der Waals surface area contributed by atoms with E-state index in [4.69, 9.17) is 10.5 Å². The molecule has 0 atom stereocenters. The first-order valence-corrected chi connectivity index (χ1v) is 7.98. The molecule has 6 heteroatoms. The molecule has 0 heterocycles. The molecule has 0 saturated heterocycles. The molecule has 1 aliphatic rings. The van der Waals surface area contributed by atoms with E-state index in [0.29, 0.717) is 18.7 Å². The predicted molar refractivity (Wildman–Crippen MR) is 91.3 cm³/mol. The molecular formula is C17H26N4O2. The van der Waals surface area contributed by atoms with Crippen LogP contribution in [0.4, 0.5) is 0 Å². The van der Waals surface area contributed by atoms with Crippen LogP contribution in [0.5, 0.6) is 0 Å².